The second-order valence-electron chi connectivity index (χ2n) is 3.46. The largest absolute Gasteiger partial charge is 0.385 e. The fourth-order valence-corrected chi connectivity index (χ4v) is 3.72. The number of hydrogen-bond donors (Lipinski definition) is 2. The number of aliphatic hydroxyl groups is 1. The molecule has 1 aromatic rings. The van der Waals surface area contributed by atoms with Crippen LogP contribution in [0.1, 0.15) is 23.3 Å². The molecule has 0 spiro atoms. The summed E-state index contributed by atoms with van der Waals surface area (Å²) in [6, 6.07) is 2.03. The molecule has 0 amide bonds. The van der Waals surface area contributed by atoms with Crippen LogP contribution in [0.5, 0.6) is 0 Å². The predicted octanol–water partition coefficient (Wildman–Crippen LogP) is 1.99. The summed E-state index contributed by atoms with van der Waals surface area (Å²) < 4.78 is 1.10. The number of halogens is 1. The van der Waals surface area contributed by atoms with Crippen molar-refractivity contribution in [3.8, 4) is 0 Å². The third-order valence-corrected chi connectivity index (χ3v) is 4.30. The van der Waals surface area contributed by atoms with Gasteiger partial charge in [0.1, 0.15) is 0 Å². The van der Waals surface area contributed by atoms with Crippen LogP contribution in [0.3, 0.4) is 0 Å². The molecule has 1 aromatic heterocycles. The third kappa shape index (κ3) is 1.56. The quantitative estimate of drug-likeness (QED) is 0.856. The molecule has 1 aliphatic rings. The van der Waals surface area contributed by atoms with Crippen LogP contribution in [-0.2, 0) is 12.0 Å². The summed E-state index contributed by atoms with van der Waals surface area (Å²) in [5.74, 6) is 0. The summed E-state index contributed by atoms with van der Waals surface area (Å²) in [7, 11) is 0. The molecule has 0 aliphatic heterocycles. The zero-order chi connectivity index (χ0) is 9.47. The molecular weight excluding hydrogens is 250 g/mol. The Labute approximate surface area is 89.9 Å². The van der Waals surface area contributed by atoms with Gasteiger partial charge in [0.2, 0.25) is 0 Å². The fourth-order valence-electron chi connectivity index (χ4n) is 1.93. The van der Waals surface area contributed by atoms with Gasteiger partial charge in [-0.15, -0.1) is 11.3 Å². The van der Waals surface area contributed by atoms with Crippen LogP contribution >= 0.6 is 27.3 Å². The minimum absolute atomic E-state index is 0.545. The van der Waals surface area contributed by atoms with E-state index in [1.54, 1.807) is 11.3 Å². The Kier molecular flexibility index (Phi) is 2.49. The number of thiophene rings is 1. The molecule has 0 bridgehead atoms. The van der Waals surface area contributed by atoms with Crippen molar-refractivity contribution in [1.29, 1.82) is 0 Å². The van der Waals surface area contributed by atoms with E-state index in [0.29, 0.717) is 13.0 Å². The number of rotatable bonds is 2. The van der Waals surface area contributed by atoms with Crippen molar-refractivity contribution in [2.24, 2.45) is 5.73 Å². The Bertz CT molecular complexity index is 325. The van der Waals surface area contributed by atoms with Gasteiger partial charge in [-0.05, 0) is 53.4 Å². The minimum Gasteiger partial charge on any atom is -0.385 e. The van der Waals surface area contributed by atoms with Gasteiger partial charge in [-0.3, -0.25) is 0 Å². The number of hydrogen-bond acceptors (Lipinski definition) is 3. The van der Waals surface area contributed by atoms with Crippen molar-refractivity contribution >= 4 is 27.3 Å². The SMILES string of the molecule is NCCC1(O)CCc2sc(Br)cc21. The van der Waals surface area contributed by atoms with Crippen molar-refractivity contribution in [3.05, 3.63) is 20.3 Å². The maximum Gasteiger partial charge on any atom is 0.0923 e. The van der Waals surface area contributed by atoms with E-state index in [0.717, 1.165) is 22.2 Å². The summed E-state index contributed by atoms with van der Waals surface area (Å²) in [6.07, 6.45) is 2.49. The molecule has 0 fully saturated rings. The van der Waals surface area contributed by atoms with Crippen molar-refractivity contribution in [3.63, 3.8) is 0 Å². The lowest BCUT2D eigenvalue weighted by atomic mass is 9.94. The monoisotopic (exact) mass is 261 g/mol. The van der Waals surface area contributed by atoms with E-state index in [-0.39, 0.29) is 0 Å². The first kappa shape index (κ1) is 9.65. The number of nitrogens with two attached hydrogens (primary N) is 1. The van der Waals surface area contributed by atoms with Gasteiger partial charge in [-0.1, -0.05) is 0 Å². The van der Waals surface area contributed by atoms with Crippen LogP contribution in [-0.4, -0.2) is 11.7 Å². The lowest BCUT2D eigenvalue weighted by Gasteiger charge is -2.21. The van der Waals surface area contributed by atoms with Crippen LogP contribution in [0, 0.1) is 0 Å². The molecule has 0 radical (unpaired) electrons. The highest BCUT2D eigenvalue weighted by atomic mass is 79.9. The summed E-state index contributed by atoms with van der Waals surface area (Å²) in [5, 5.41) is 10.3. The van der Waals surface area contributed by atoms with E-state index in [2.05, 4.69) is 15.9 Å². The van der Waals surface area contributed by atoms with Gasteiger partial charge in [0.25, 0.3) is 0 Å². The zero-order valence-electron chi connectivity index (χ0n) is 7.22. The second-order valence-corrected chi connectivity index (χ2v) is 5.97. The maximum atomic E-state index is 10.3. The average molecular weight is 262 g/mol. The van der Waals surface area contributed by atoms with Gasteiger partial charge in [0, 0.05) is 4.88 Å². The highest BCUT2D eigenvalue weighted by molar-refractivity contribution is 9.11. The maximum absolute atomic E-state index is 10.3. The number of aryl methyl sites for hydroxylation is 1. The molecule has 0 aromatic carbocycles. The van der Waals surface area contributed by atoms with Gasteiger partial charge in [-0.2, -0.15) is 0 Å². The number of fused-ring (bicyclic) bond motifs is 1. The standard InChI is InChI=1S/C9H12BrNOS/c10-8-5-6-7(13-8)1-2-9(6,12)3-4-11/h5,12H,1-4,11H2. The van der Waals surface area contributed by atoms with Crippen LogP contribution in [0.25, 0.3) is 0 Å². The van der Waals surface area contributed by atoms with Crippen LogP contribution in [0.4, 0.5) is 0 Å². The molecular formula is C9H12BrNOS. The molecule has 2 rings (SSSR count). The normalized spacial score (nSPS) is 26.4. The second kappa shape index (κ2) is 3.35. The molecule has 13 heavy (non-hydrogen) atoms. The molecule has 4 heteroatoms. The molecule has 3 N–H and O–H groups in total. The lowest BCUT2D eigenvalue weighted by Crippen LogP contribution is -2.25. The molecule has 1 heterocycles. The lowest BCUT2D eigenvalue weighted by molar-refractivity contribution is 0.0321. The van der Waals surface area contributed by atoms with Gasteiger partial charge < -0.3 is 10.8 Å². The van der Waals surface area contributed by atoms with Gasteiger partial charge >= 0.3 is 0 Å². The van der Waals surface area contributed by atoms with Gasteiger partial charge in [0.15, 0.2) is 0 Å². The highest BCUT2D eigenvalue weighted by Gasteiger charge is 2.37. The van der Waals surface area contributed by atoms with Crippen molar-refractivity contribution in [2.45, 2.75) is 24.9 Å². The summed E-state index contributed by atoms with van der Waals surface area (Å²) in [4.78, 5) is 1.31. The van der Waals surface area contributed by atoms with Gasteiger partial charge in [0.05, 0.1) is 9.39 Å². The Hall–Kier alpha value is 0.100. The van der Waals surface area contributed by atoms with E-state index in [4.69, 9.17) is 5.73 Å². The van der Waals surface area contributed by atoms with Crippen LogP contribution in [0.2, 0.25) is 0 Å². The topological polar surface area (TPSA) is 46.2 Å². The zero-order valence-corrected chi connectivity index (χ0v) is 9.62. The highest BCUT2D eigenvalue weighted by Crippen LogP contribution is 2.44. The van der Waals surface area contributed by atoms with Crippen LogP contribution in [0.15, 0.2) is 9.85 Å². The van der Waals surface area contributed by atoms with Crippen molar-refractivity contribution in [1.82, 2.24) is 0 Å². The Morgan fingerprint density at radius 3 is 3.15 bits per heavy atom. The summed E-state index contributed by atoms with van der Waals surface area (Å²) in [6.45, 7) is 0.545. The first-order valence-corrected chi connectivity index (χ1v) is 5.98. The minimum atomic E-state index is -0.646. The Balaban J connectivity index is 2.35. The first-order valence-electron chi connectivity index (χ1n) is 4.37. The van der Waals surface area contributed by atoms with Crippen molar-refractivity contribution in [2.75, 3.05) is 6.54 Å². The van der Waals surface area contributed by atoms with E-state index in [1.807, 2.05) is 6.07 Å². The van der Waals surface area contributed by atoms with E-state index >= 15 is 0 Å². The molecule has 1 unspecified atom stereocenters. The molecule has 1 atom stereocenters. The van der Waals surface area contributed by atoms with E-state index in [9.17, 15) is 5.11 Å². The molecule has 1 aliphatic carbocycles. The van der Waals surface area contributed by atoms with E-state index in [1.165, 1.54) is 4.88 Å². The smallest absolute Gasteiger partial charge is 0.0923 e. The Morgan fingerprint density at radius 1 is 1.69 bits per heavy atom. The van der Waals surface area contributed by atoms with Crippen molar-refractivity contribution < 1.29 is 5.11 Å². The van der Waals surface area contributed by atoms with E-state index < -0.39 is 5.60 Å². The summed E-state index contributed by atoms with van der Waals surface area (Å²) >= 11 is 5.16. The summed E-state index contributed by atoms with van der Waals surface area (Å²) in [5.41, 5.74) is 5.94. The fraction of sp³-hybridized carbons (Fsp3) is 0.556. The average Bonchev–Trinajstić information content (AvgIpc) is 2.54. The third-order valence-electron chi connectivity index (χ3n) is 2.60. The van der Waals surface area contributed by atoms with Crippen LogP contribution < -0.4 is 5.73 Å². The molecule has 72 valence electrons. The molecule has 2 nitrogen and oxygen atoms in total. The first-order chi connectivity index (χ1) is 6.15. The predicted molar refractivity (Wildman–Crippen MR) is 57.9 cm³/mol. The molecule has 0 saturated heterocycles. The Morgan fingerprint density at radius 2 is 2.46 bits per heavy atom. The molecule has 0 saturated carbocycles. The van der Waals surface area contributed by atoms with Gasteiger partial charge in [-0.25, -0.2) is 0 Å².